The minimum atomic E-state index is -2.13. The van der Waals surface area contributed by atoms with Gasteiger partial charge in [0.15, 0.2) is 5.60 Å². The predicted octanol–water partition coefficient (Wildman–Crippen LogP) is 2.26. The number of anilines is 1. The predicted molar refractivity (Wildman–Crippen MR) is 146 cm³/mol. The molecule has 1 aromatic heterocycles. The minimum absolute atomic E-state index is 0.196. The summed E-state index contributed by atoms with van der Waals surface area (Å²) in [6, 6.07) is 17.4. The van der Waals surface area contributed by atoms with Crippen molar-refractivity contribution in [1.29, 1.82) is 0 Å². The molecule has 1 fully saturated rings. The molecule has 2 unspecified atom stereocenters. The normalized spacial score (nSPS) is 16.2. The fraction of sp³-hybridized carbons (Fsp3) is 0.276. The van der Waals surface area contributed by atoms with Gasteiger partial charge >= 0.3 is 0 Å². The summed E-state index contributed by atoms with van der Waals surface area (Å²) in [5, 5.41) is 27.0. The first-order valence-corrected chi connectivity index (χ1v) is 13.0. The van der Waals surface area contributed by atoms with E-state index in [0.29, 0.717) is 49.1 Å². The molecule has 0 spiro atoms. The van der Waals surface area contributed by atoms with E-state index in [1.165, 1.54) is 17.3 Å². The highest BCUT2D eigenvalue weighted by molar-refractivity contribution is 5.94. The number of rotatable bonds is 10. The van der Waals surface area contributed by atoms with Crippen LogP contribution in [0.1, 0.15) is 21.5 Å². The lowest BCUT2D eigenvalue weighted by atomic mass is 9.90. The Morgan fingerprint density at radius 2 is 1.78 bits per heavy atom. The molecule has 0 radical (unpaired) electrons. The Morgan fingerprint density at radius 3 is 2.44 bits per heavy atom. The summed E-state index contributed by atoms with van der Waals surface area (Å²) in [7, 11) is 0. The van der Waals surface area contributed by atoms with Crippen molar-refractivity contribution in [2.45, 2.75) is 25.0 Å². The lowest BCUT2D eigenvalue weighted by molar-refractivity contribution is -0.166. The van der Waals surface area contributed by atoms with Crippen molar-refractivity contribution in [3.63, 3.8) is 0 Å². The number of nitrogens with two attached hydrogens (primary N) is 1. The maximum atomic E-state index is 14.8. The lowest BCUT2D eigenvalue weighted by Crippen LogP contribution is -2.58. The quantitative estimate of drug-likeness (QED) is 0.268. The van der Waals surface area contributed by atoms with E-state index >= 15 is 0 Å². The monoisotopic (exact) mass is 564 g/mol. The second-order valence-corrected chi connectivity index (χ2v) is 9.84. The van der Waals surface area contributed by atoms with Gasteiger partial charge in [-0.25, -0.2) is 18.4 Å². The molecule has 12 heteroatoms. The Bertz CT molecular complexity index is 1480. The Balaban J connectivity index is 1.23. The first kappa shape index (κ1) is 28.1. The topological polar surface area (TPSA) is 130 Å². The average molecular weight is 565 g/mol. The van der Waals surface area contributed by atoms with Crippen LogP contribution in [0, 0.1) is 11.6 Å². The summed E-state index contributed by atoms with van der Waals surface area (Å²) in [5.74, 6) is -1.64. The van der Waals surface area contributed by atoms with E-state index in [1.54, 1.807) is 23.1 Å². The van der Waals surface area contributed by atoms with Gasteiger partial charge in [-0.15, -0.1) is 0 Å². The maximum absolute atomic E-state index is 14.8. The number of amides is 1. The van der Waals surface area contributed by atoms with Gasteiger partial charge in [-0.2, -0.15) is 5.10 Å². The molecule has 2 atom stereocenters. The van der Waals surface area contributed by atoms with Crippen molar-refractivity contribution >= 4 is 11.6 Å². The number of benzene rings is 3. The zero-order chi connectivity index (χ0) is 29.0. The fourth-order valence-corrected chi connectivity index (χ4v) is 5.04. The van der Waals surface area contributed by atoms with E-state index in [9.17, 15) is 23.8 Å². The van der Waals surface area contributed by atoms with Crippen LogP contribution in [0.15, 0.2) is 79.4 Å². The lowest BCUT2D eigenvalue weighted by Gasteiger charge is -2.44. The van der Waals surface area contributed by atoms with Gasteiger partial charge in [0.05, 0.1) is 6.54 Å². The molecule has 3 aromatic carbocycles. The molecule has 2 heterocycles. The number of halogens is 2. The fourth-order valence-electron chi connectivity index (χ4n) is 5.04. The second-order valence-electron chi connectivity index (χ2n) is 9.84. The van der Waals surface area contributed by atoms with Gasteiger partial charge in [0, 0.05) is 54.6 Å². The largest absolute Gasteiger partial charge is 0.489 e. The van der Waals surface area contributed by atoms with Crippen LogP contribution < -0.4 is 15.4 Å². The maximum Gasteiger partial charge on any atom is 0.249 e. The summed E-state index contributed by atoms with van der Waals surface area (Å²) < 4.78 is 35.6. The van der Waals surface area contributed by atoms with Gasteiger partial charge in [-0.3, -0.25) is 9.69 Å². The molecule has 10 nitrogen and oxygen atoms in total. The second kappa shape index (κ2) is 12.0. The number of hydrogen-bond donors (Lipinski definition) is 3. The van der Waals surface area contributed by atoms with Gasteiger partial charge in [0.2, 0.25) is 5.91 Å². The van der Waals surface area contributed by atoms with Crippen LogP contribution in [0.3, 0.4) is 0 Å². The van der Waals surface area contributed by atoms with Gasteiger partial charge < -0.3 is 25.6 Å². The number of aliphatic hydroxyl groups is 2. The van der Waals surface area contributed by atoms with Crippen LogP contribution in [0.5, 0.6) is 5.75 Å². The summed E-state index contributed by atoms with van der Waals surface area (Å²) >= 11 is 0. The molecule has 0 saturated carbocycles. The number of nitrogens with zero attached hydrogens (tertiary/aromatic N) is 5. The van der Waals surface area contributed by atoms with Crippen molar-refractivity contribution in [1.82, 2.24) is 19.7 Å². The third-order valence-electron chi connectivity index (χ3n) is 7.23. The number of piperazine rings is 1. The molecule has 1 amide bonds. The van der Waals surface area contributed by atoms with Crippen LogP contribution in [0.25, 0.3) is 0 Å². The number of carbonyl (C=O) groups excluding carboxylic acids is 1. The van der Waals surface area contributed by atoms with Crippen LogP contribution >= 0.6 is 0 Å². The van der Waals surface area contributed by atoms with Crippen molar-refractivity contribution in [2.75, 3.05) is 31.1 Å². The number of hydrogen-bond acceptors (Lipinski definition) is 8. The van der Waals surface area contributed by atoms with Crippen molar-refractivity contribution in [2.24, 2.45) is 5.73 Å². The van der Waals surface area contributed by atoms with E-state index in [4.69, 9.17) is 10.5 Å². The number of aliphatic hydroxyl groups excluding tert-OH is 1. The molecule has 1 saturated heterocycles. The van der Waals surface area contributed by atoms with E-state index in [2.05, 4.69) is 15.0 Å². The molecule has 0 bridgehead atoms. The van der Waals surface area contributed by atoms with Gasteiger partial charge in [0.1, 0.15) is 42.9 Å². The highest BCUT2D eigenvalue weighted by Gasteiger charge is 2.44. The summed E-state index contributed by atoms with van der Waals surface area (Å²) in [6.07, 6.45) is 1.11. The Kier molecular flexibility index (Phi) is 8.24. The van der Waals surface area contributed by atoms with E-state index in [1.807, 2.05) is 30.3 Å². The van der Waals surface area contributed by atoms with Crippen LogP contribution in [0.4, 0.5) is 14.5 Å². The summed E-state index contributed by atoms with van der Waals surface area (Å²) in [4.78, 5) is 19.3. The van der Waals surface area contributed by atoms with Crippen LogP contribution in [-0.2, 0) is 18.8 Å². The molecular formula is C29H30F2N6O4. The summed E-state index contributed by atoms with van der Waals surface area (Å²) in [6.45, 7) is 1.68. The molecule has 4 aromatic rings. The van der Waals surface area contributed by atoms with Crippen LogP contribution in [-0.4, -0.2) is 68.2 Å². The standard InChI is InChI=1S/C29H30F2N6O4/c30-21-5-10-25(26(31)15-21)29(40,17-37-19-33-18-34-37)28(39)36-13-11-35(12-14-36)22-6-8-23(9-7-22)41-16-20-3-1-2-4-24(20)27(32)38/h1-10,15,18-19,28,39-40H,11-14,16-17H2,(H2,32,38). The number of ether oxygens (including phenoxy) is 1. The summed E-state index contributed by atoms with van der Waals surface area (Å²) in [5.41, 5.74) is 5.13. The molecule has 5 rings (SSSR count). The third-order valence-corrected chi connectivity index (χ3v) is 7.23. The number of carbonyl (C=O) groups is 1. The molecule has 4 N–H and O–H groups in total. The van der Waals surface area contributed by atoms with Gasteiger partial charge in [0.25, 0.3) is 0 Å². The number of aromatic nitrogens is 3. The highest BCUT2D eigenvalue weighted by atomic mass is 19.1. The highest BCUT2D eigenvalue weighted by Crippen LogP contribution is 2.33. The zero-order valence-corrected chi connectivity index (χ0v) is 22.1. The van der Waals surface area contributed by atoms with Crippen molar-refractivity contribution in [3.05, 3.63) is 108 Å². The first-order chi connectivity index (χ1) is 19.7. The Labute approximate surface area is 235 Å². The third kappa shape index (κ3) is 6.19. The first-order valence-electron chi connectivity index (χ1n) is 13.0. The van der Waals surface area contributed by atoms with Crippen molar-refractivity contribution < 1.29 is 28.5 Å². The van der Waals surface area contributed by atoms with Crippen molar-refractivity contribution in [3.8, 4) is 5.75 Å². The molecule has 0 aliphatic carbocycles. The van der Waals surface area contributed by atoms with E-state index < -0.39 is 29.4 Å². The molecule has 1 aliphatic heterocycles. The van der Waals surface area contributed by atoms with E-state index in [0.717, 1.165) is 17.8 Å². The van der Waals surface area contributed by atoms with Gasteiger partial charge in [-0.05, 0) is 36.4 Å². The molecule has 41 heavy (non-hydrogen) atoms. The zero-order valence-electron chi connectivity index (χ0n) is 22.1. The SMILES string of the molecule is NC(=O)c1ccccc1COc1ccc(N2CCN(C(O)C(O)(Cn3cncn3)c3ccc(F)cc3F)CC2)cc1. The smallest absolute Gasteiger partial charge is 0.249 e. The molecular weight excluding hydrogens is 534 g/mol. The average Bonchev–Trinajstić information content (AvgIpc) is 3.49. The van der Waals surface area contributed by atoms with Crippen LogP contribution in [0.2, 0.25) is 0 Å². The molecule has 214 valence electrons. The van der Waals surface area contributed by atoms with Gasteiger partial charge in [-0.1, -0.05) is 24.3 Å². The minimum Gasteiger partial charge on any atom is -0.489 e. The Hall–Kier alpha value is -4.39. The Morgan fingerprint density at radius 1 is 1.05 bits per heavy atom. The van der Waals surface area contributed by atoms with E-state index in [-0.39, 0.29) is 18.7 Å². The molecule has 1 aliphatic rings. The number of primary amides is 1.